The fourth-order valence-electron chi connectivity index (χ4n) is 2.99. The number of nitrogens with one attached hydrogen (secondary N) is 1. The monoisotopic (exact) mass is 435 g/mol. The summed E-state index contributed by atoms with van der Waals surface area (Å²) in [5, 5.41) is 2.78. The van der Waals surface area contributed by atoms with Gasteiger partial charge in [0.1, 0.15) is 0 Å². The number of carbonyl (C=O) groups excluding carboxylic acids is 3. The maximum Gasteiger partial charge on any atom is 0.261 e. The van der Waals surface area contributed by atoms with Crippen LogP contribution < -0.4 is 5.32 Å². The topological polar surface area (TPSA) is 79.4 Å². The molecule has 0 saturated heterocycles. The summed E-state index contributed by atoms with van der Waals surface area (Å²) in [6.45, 7) is 0.139. The molecular formula is C21H14BrN3O3. The quantitative estimate of drug-likeness (QED) is 0.630. The lowest BCUT2D eigenvalue weighted by Gasteiger charge is -2.13. The summed E-state index contributed by atoms with van der Waals surface area (Å²) in [6, 6.07) is 15.2. The van der Waals surface area contributed by atoms with Crippen molar-refractivity contribution in [2.45, 2.75) is 6.54 Å². The normalized spacial score (nSPS) is 12.8. The molecule has 28 heavy (non-hydrogen) atoms. The Morgan fingerprint density at radius 3 is 2.46 bits per heavy atom. The molecule has 4 rings (SSSR count). The molecule has 0 radical (unpaired) electrons. The third-order valence-electron chi connectivity index (χ3n) is 4.40. The maximum absolute atomic E-state index is 12.7. The molecule has 1 aromatic heterocycles. The second-order valence-corrected chi connectivity index (χ2v) is 7.19. The highest BCUT2D eigenvalue weighted by Gasteiger charge is 2.36. The van der Waals surface area contributed by atoms with Gasteiger partial charge in [0.05, 0.1) is 17.7 Å². The number of carbonyl (C=O) groups is 3. The van der Waals surface area contributed by atoms with Gasteiger partial charge in [-0.2, -0.15) is 0 Å². The molecule has 2 heterocycles. The Hall–Kier alpha value is -3.32. The van der Waals surface area contributed by atoms with Gasteiger partial charge in [-0.25, -0.2) is 0 Å². The van der Waals surface area contributed by atoms with Crippen molar-refractivity contribution in [3.05, 3.63) is 93.7 Å². The summed E-state index contributed by atoms with van der Waals surface area (Å²) < 4.78 is 0.904. The van der Waals surface area contributed by atoms with Gasteiger partial charge < -0.3 is 5.32 Å². The zero-order valence-electron chi connectivity index (χ0n) is 14.6. The Balaban J connectivity index is 1.56. The Labute approximate surface area is 169 Å². The van der Waals surface area contributed by atoms with E-state index < -0.39 is 5.91 Å². The molecule has 0 atom stereocenters. The van der Waals surface area contributed by atoms with E-state index in [2.05, 4.69) is 26.2 Å². The summed E-state index contributed by atoms with van der Waals surface area (Å²) >= 11 is 3.34. The largest absolute Gasteiger partial charge is 0.322 e. The molecule has 0 spiro atoms. The summed E-state index contributed by atoms with van der Waals surface area (Å²) in [4.78, 5) is 43.0. The van der Waals surface area contributed by atoms with Crippen LogP contribution in [0.25, 0.3) is 0 Å². The van der Waals surface area contributed by atoms with Gasteiger partial charge in [-0.15, -0.1) is 0 Å². The second kappa shape index (κ2) is 7.36. The van der Waals surface area contributed by atoms with Gasteiger partial charge in [-0.3, -0.25) is 24.3 Å². The fraction of sp³-hybridized carbons (Fsp3) is 0.0476. The molecule has 0 unspecified atom stereocenters. The van der Waals surface area contributed by atoms with Crippen LogP contribution in [0.5, 0.6) is 0 Å². The number of hydrogen-bond donors (Lipinski definition) is 1. The van der Waals surface area contributed by atoms with Gasteiger partial charge in [-0.1, -0.05) is 22.0 Å². The van der Waals surface area contributed by atoms with E-state index in [-0.39, 0.29) is 23.9 Å². The first-order valence-electron chi connectivity index (χ1n) is 8.49. The molecule has 6 nitrogen and oxygen atoms in total. The van der Waals surface area contributed by atoms with Crippen molar-refractivity contribution in [2.24, 2.45) is 0 Å². The zero-order valence-corrected chi connectivity index (χ0v) is 16.1. The predicted octanol–water partition coefficient (Wildman–Crippen LogP) is 3.89. The molecule has 0 aliphatic carbocycles. The van der Waals surface area contributed by atoms with Crippen molar-refractivity contribution >= 4 is 39.3 Å². The number of rotatable bonds is 4. The first kappa shape index (κ1) is 18.1. The van der Waals surface area contributed by atoms with Crippen LogP contribution in [-0.2, 0) is 6.54 Å². The van der Waals surface area contributed by atoms with E-state index in [0.29, 0.717) is 16.8 Å². The first-order chi connectivity index (χ1) is 13.5. The molecule has 0 saturated carbocycles. The molecule has 1 aliphatic rings. The molecule has 1 aliphatic heterocycles. The maximum atomic E-state index is 12.7. The zero-order chi connectivity index (χ0) is 19.7. The third kappa shape index (κ3) is 3.44. The Morgan fingerprint density at radius 1 is 1.00 bits per heavy atom. The SMILES string of the molecule is O=C(Nc1ccc(Br)cc1)c1ccc2c(c1)C(=O)N(Cc1cccnc1)C2=O. The summed E-state index contributed by atoms with van der Waals surface area (Å²) in [6.07, 6.45) is 3.24. The van der Waals surface area contributed by atoms with Gasteiger partial charge in [-0.05, 0) is 54.1 Å². The van der Waals surface area contributed by atoms with E-state index in [4.69, 9.17) is 0 Å². The highest BCUT2D eigenvalue weighted by molar-refractivity contribution is 9.10. The van der Waals surface area contributed by atoms with Gasteiger partial charge in [0.15, 0.2) is 0 Å². The highest BCUT2D eigenvalue weighted by atomic mass is 79.9. The van der Waals surface area contributed by atoms with Crippen LogP contribution in [0, 0.1) is 0 Å². The van der Waals surface area contributed by atoms with Gasteiger partial charge in [0.25, 0.3) is 17.7 Å². The minimum Gasteiger partial charge on any atom is -0.322 e. The fourth-order valence-corrected chi connectivity index (χ4v) is 3.25. The number of imide groups is 1. The minimum absolute atomic E-state index is 0.139. The molecule has 0 fully saturated rings. The van der Waals surface area contributed by atoms with E-state index in [1.54, 1.807) is 42.7 Å². The van der Waals surface area contributed by atoms with Crippen molar-refractivity contribution in [3.8, 4) is 0 Å². The number of benzene rings is 2. The molecular weight excluding hydrogens is 422 g/mol. The molecule has 3 amide bonds. The Morgan fingerprint density at radius 2 is 1.75 bits per heavy atom. The van der Waals surface area contributed by atoms with Crippen LogP contribution in [0.15, 0.2) is 71.5 Å². The number of anilines is 1. The number of fused-ring (bicyclic) bond motifs is 1. The smallest absolute Gasteiger partial charge is 0.261 e. The lowest BCUT2D eigenvalue weighted by atomic mass is 10.1. The Kier molecular flexibility index (Phi) is 4.75. The molecule has 138 valence electrons. The summed E-state index contributed by atoms with van der Waals surface area (Å²) in [7, 11) is 0. The lowest BCUT2D eigenvalue weighted by Crippen LogP contribution is -2.29. The number of aromatic nitrogens is 1. The van der Waals surface area contributed by atoms with Crippen molar-refractivity contribution in [1.29, 1.82) is 0 Å². The molecule has 0 bridgehead atoms. The van der Waals surface area contributed by atoms with Gasteiger partial charge >= 0.3 is 0 Å². The summed E-state index contributed by atoms with van der Waals surface area (Å²) in [5.74, 6) is -1.14. The van der Waals surface area contributed by atoms with Crippen LogP contribution in [0.2, 0.25) is 0 Å². The number of halogens is 1. The predicted molar refractivity (Wildman–Crippen MR) is 107 cm³/mol. The number of nitrogens with zero attached hydrogens (tertiary/aromatic N) is 2. The lowest BCUT2D eigenvalue weighted by molar-refractivity contribution is 0.0642. The number of hydrogen-bond acceptors (Lipinski definition) is 4. The van der Waals surface area contributed by atoms with Crippen molar-refractivity contribution in [2.75, 3.05) is 5.32 Å². The Bertz CT molecular complexity index is 1080. The average Bonchev–Trinajstić information content (AvgIpc) is 2.95. The van der Waals surface area contributed by atoms with E-state index >= 15 is 0 Å². The van der Waals surface area contributed by atoms with Crippen LogP contribution in [-0.4, -0.2) is 27.6 Å². The average molecular weight is 436 g/mol. The van der Waals surface area contributed by atoms with Crippen molar-refractivity contribution < 1.29 is 14.4 Å². The van der Waals surface area contributed by atoms with Crippen molar-refractivity contribution in [3.63, 3.8) is 0 Å². The van der Waals surface area contributed by atoms with E-state index in [9.17, 15) is 14.4 Å². The molecule has 1 N–H and O–H groups in total. The van der Waals surface area contributed by atoms with Crippen molar-refractivity contribution in [1.82, 2.24) is 9.88 Å². The van der Waals surface area contributed by atoms with Gasteiger partial charge in [0.2, 0.25) is 0 Å². The number of amides is 3. The second-order valence-electron chi connectivity index (χ2n) is 6.28. The van der Waals surface area contributed by atoms with Crippen LogP contribution >= 0.6 is 15.9 Å². The van der Waals surface area contributed by atoms with Gasteiger partial charge in [0, 0.05) is 28.1 Å². The van der Waals surface area contributed by atoms with Crippen LogP contribution in [0.3, 0.4) is 0 Å². The minimum atomic E-state index is -0.415. The highest BCUT2D eigenvalue weighted by Crippen LogP contribution is 2.26. The van der Waals surface area contributed by atoms with Crippen LogP contribution in [0.1, 0.15) is 36.6 Å². The van der Waals surface area contributed by atoms with Crippen LogP contribution in [0.4, 0.5) is 5.69 Å². The van der Waals surface area contributed by atoms with E-state index in [1.807, 2.05) is 12.1 Å². The standard InChI is InChI=1S/C21H14BrN3O3/c22-15-4-6-16(7-5-15)24-19(26)14-3-8-17-18(10-14)21(28)25(20(17)27)12-13-2-1-9-23-11-13/h1-11H,12H2,(H,24,26). The molecule has 7 heteroatoms. The summed E-state index contributed by atoms with van der Waals surface area (Å²) in [5.41, 5.74) is 2.23. The third-order valence-corrected chi connectivity index (χ3v) is 4.93. The first-order valence-corrected chi connectivity index (χ1v) is 9.28. The van der Waals surface area contributed by atoms with E-state index in [0.717, 1.165) is 14.9 Å². The molecule has 3 aromatic rings. The number of pyridine rings is 1. The molecule has 2 aromatic carbocycles. The van der Waals surface area contributed by atoms with E-state index in [1.165, 1.54) is 12.1 Å².